The Morgan fingerprint density at radius 3 is 2.70 bits per heavy atom. The molecule has 20 heavy (non-hydrogen) atoms. The molecule has 1 aliphatic rings. The third kappa shape index (κ3) is 3.79. The van der Waals surface area contributed by atoms with Crippen molar-refractivity contribution in [2.45, 2.75) is 50.6 Å². The first-order valence-electron chi connectivity index (χ1n) is 7.48. The maximum Gasteiger partial charge on any atom is 0.224 e. The Kier molecular flexibility index (Phi) is 5.12. The van der Waals surface area contributed by atoms with E-state index in [1.807, 2.05) is 32.3 Å². The standard InChI is InChI=1S/C16H25N3O/c1-17-16(9-5-3-6-10-16)12-15(20)19(2)13-14-8-4-7-11-18-14/h4,7-8,11,17H,3,5-6,9-10,12-13H2,1-2H3. The second kappa shape index (κ2) is 6.84. The number of nitrogens with zero attached hydrogens (tertiary/aromatic N) is 2. The Labute approximate surface area is 121 Å². The minimum absolute atomic E-state index is 0.00765. The largest absolute Gasteiger partial charge is 0.340 e. The Morgan fingerprint density at radius 1 is 1.35 bits per heavy atom. The van der Waals surface area contributed by atoms with Crippen LogP contribution in [-0.2, 0) is 11.3 Å². The SMILES string of the molecule is CNC1(CC(=O)N(C)Cc2ccccn2)CCCCC1. The monoisotopic (exact) mass is 275 g/mol. The molecule has 1 heterocycles. The van der Waals surface area contributed by atoms with Gasteiger partial charge in [0.05, 0.1) is 12.2 Å². The molecular formula is C16H25N3O. The summed E-state index contributed by atoms with van der Waals surface area (Å²) in [7, 11) is 3.85. The Balaban J connectivity index is 1.93. The van der Waals surface area contributed by atoms with Crippen LogP contribution in [0.1, 0.15) is 44.2 Å². The van der Waals surface area contributed by atoms with Gasteiger partial charge in [0.2, 0.25) is 5.91 Å². The number of rotatable bonds is 5. The van der Waals surface area contributed by atoms with Gasteiger partial charge < -0.3 is 10.2 Å². The molecule has 0 aliphatic heterocycles. The van der Waals surface area contributed by atoms with E-state index in [-0.39, 0.29) is 11.4 Å². The van der Waals surface area contributed by atoms with E-state index >= 15 is 0 Å². The van der Waals surface area contributed by atoms with E-state index in [4.69, 9.17) is 0 Å². The Morgan fingerprint density at radius 2 is 2.10 bits per heavy atom. The lowest BCUT2D eigenvalue weighted by Crippen LogP contribution is -2.48. The summed E-state index contributed by atoms with van der Waals surface area (Å²) in [6.07, 6.45) is 8.30. The molecule has 1 fully saturated rings. The molecule has 110 valence electrons. The summed E-state index contributed by atoms with van der Waals surface area (Å²) in [6, 6.07) is 5.80. The van der Waals surface area contributed by atoms with Crippen LogP contribution in [0.2, 0.25) is 0 Å². The van der Waals surface area contributed by atoms with Gasteiger partial charge in [-0.1, -0.05) is 25.3 Å². The van der Waals surface area contributed by atoms with Crippen LogP contribution in [-0.4, -0.2) is 35.4 Å². The number of nitrogens with one attached hydrogen (secondary N) is 1. The first kappa shape index (κ1) is 15.0. The van der Waals surface area contributed by atoms with Gasteiger partial charge in [-0.2, -0.15) is 0 Å². The first-order valence-corrected chi connectivity index (χ1v) is 7.48. The molecule has 0 aromatic carbocycles. The molecule has 0 radical (unpaired) electrons. The molecule has 4 nitrogen and oxygen atoms in total. The summed E-state index contributed by atoms with van der Waals surface area (Å²) in [4.78, 5) is 18.5. The molecule has 0 unspecified atom stereocenters. The average molecular weight is 275 g/mol. The quantitative estimate of drug-likeness (QED) is 0.897. The highest BCUT2D eigenvalue weighted by molar-refractivity contribution is 5.77. The minimum Gasteiger partial charge on any atom is -0.340 e. The van der Waals surface area contributed by atoms with E-state index in [9.17, 15) is 4.79 Å². The molecule has 1 N–H and O–H groups in total. The van der Waals surface area contributed by atoms with Crippen LogP contribution in [0.25, 0.3) is 0 Å². The van der Waals surface area contributed by atoms with E-state index in [1.54, 1.807) is 11.1 Å². The van der Waals surface area contributed by atoms with Gasteiger partial charge in [0.15, 0.2) is 0 Å². The smallest absolute Gasteiger partial charge is 0.224 e. The van der Waals surface area contributed by atoms with Crippen molar-refractivity contribution < 1.29 is 4.79 Å². The number of amides is 1. The number of aromatic nitrogens is 1. The molecule has 1 aromatic rings. The van der Waals surface area contributed by atoms with E-state index in [1.165, 1.54) is 19.3 Å². The third-order valence-corrected chi connectivity index (χ3v) is 4.38. The van der Waals surface area contributed by atoms with E-state index < -0.39 is 0 Å². The lowest BCUT2D eigenvalue weighted by atomic mass is 9.79. The van der Waals surface area contributed by atoms with Crippen molar-refractivity contribution in [3.8, 4) is 0 Å². The summed E-state index contributed by atoms with van der Waals surface area (Å²) in [5, 5.41) is 3.40. The molecule has 0 saturated heterocycles. The summed E-state index contributed by atoms with van der Waals surface area (Å²) in [6.45, 7) is 0.583. The van der Waals surface area contributed by atoms with E-state index in [0.29, 0.717) is 13.0 Å². The van der Waals surface area contributed by atoms with Crippen LogP contribution < -0.4 is 5.32 Å². The Bertz CT molecular complexity index is 427. The van der Waals surface area contributed by atoms with Crippen LogP contribution in [0.3, 0.4) is 0 Å². The maximum atomic E-state index is 12.4. The summed E-state index contributed by atoms with van der Waals surface area (Å²) in [5.74, 6) is 0.201. The zero-order valence-corrected chi connectivity index (χ0v) is 12.6. The van der Waals surface area contributed by atoms with Gasteiger partial charge >= 0.3 is 0 Å². The van der Waals surface area contributed by atoms with Gasteiger partial charge in [0.25, 0.3) is 0 Å². The Hall–Kier alpha value is -1.42. The van der Waals surface area contributed by atoms with E-state index in [2.05, 4.69) is 10.3 Å². The second-order valence-corrected chi connectivity index (χ2v) is 5.84. The normalized spacial score (nSPS) is 17.7. The number of hydrogen-bond acceptors (Lipinski definition) is 3. The lowest BCUT2D eigenvalue weighted by Gasteiger charge is -2.37. The van der Waals surface area contributed by atoms with Gasteiger partial charge in [0.1, 0.15) is 0 Å². The predicted molar refractivity (Wildman–Crippen MR) is 80.2 cm³/mol. The molecule has 1 amide bonds. The lowest BCUT2D eigenvalue weighted by molar-refractivity contribution is -0.132. The predicted octanol–water partition coefficient (Wildman–Crippen LogP) is 2.35. The van der Waals surface area contributed by atoms with Gasteiger partial charge in [0, 0.05) is 25.2 Å². The van der Waals surface area contributed by atoms with Gasteiger partial charge in [-0.25, -0.2) is 0 Å². The number of carbonyl (C=O) groups is 1. The highest BCUT2D eigenvalue weighted by Crippen LogP contribution is 2.31. The number of carbonyl (C=O) groups excluding carboxylic acids is 1. The van der Waals surface area contributed by atoms with E-state index in [0.717, 1.165) is 18.5 Å². The molecule has 1 saturated carbocycles. The molecule has 0 spiro atoms. The van der Waals surface area contributed by atoms with Gasteiger partial charge in [-0.15, -0.1) is 0 Å². The molecule has 1 aromatic heterocycles. The van der Waals surface area contributed by atoms with Gasteiger partial charge in [-0.3, -0.25) is 9.78 Å². The van der Waals surface area contributed by atoms with Crippen molar-refractivity contribution in [2.24, 2.45) is 0 Å². The number of hydrogen-bond donors (Lipinski definition) is 1. The van der Waals surface area contributed by atoms with Crippen LogP contribution in [0.4, 0.5) is 0 Å². The van der Waals surface area contributed by atoms with Crippen molar-refractivity contribution in [2.75, 3.05) is 14.1 Å². The zero-order valence-electron chi connectivity index (χ0n) is 12.6. The number of pyridine rings is 1. The van der Waals surface area contributed by atoms with Crippen molar-refractivity contribution in [3.63, 3.8) is 0 Å². The molecule has 4 heteroatoms. The first-order chi connectivity index (χ1) is 9.65. The molecule has 2 rings (SSSR count). The fourth-order valence-corrected chi connectivity index (χ4v) is 2.99. The molecule has 0 atom stereocenters. The summed E-state index contributed by atoms with van der Waals surface area (Å²) < 4.78 is 0. The van der Waals surface area contributed by atoms with Gasteiger partial charge in [-0.05, 0) is 32.0 Å². The fourth-order valence-electron chi connectivity index (χ4n) is 2.99. The van der Waals surface area contributed by atoms with Crippen molar-refractivity contribution in [1.82, 2.24) is 15.2 Å². The van der Waals surface area contributed by atoms with Crippen LogP contribution in [0.5, 0.6) is 0 Å². The highest BCUT2D eigenvalue weighted by atomic mass is 16.2. The zero-order chi connectivity index (χ0) is 14.4. The topological polar surface area (TPSA) is 45.2 Å². The van der Waals surface area contributed by atoms with Crippen LogP contribution in [0.15, 0.2) is 24.4 Å². The van der Waals surface area contributed by atoms with Crippen molar-refractivity contribution in [3.05, 3.63) is 30.1 Å². The van der Waals surface area contributed by atoms with Crippen molar-refractivity contribution in [1.29, 1.82) is 0 Å². The molecular weight excluding hydrogens is 250 g/mol. The minimum atomic E-state index is 0.00765. The average Bonchev–Trinajstić information content (AvgIpc) is 2.49. The second-order valence-electron chi connectivity index (χ2n) is 5.84. The molecule has 0 bridgehead atoms. The van der Waals surface area contributed by atoms with Crippen LogP contribution in [0, 0.1) is 0 Å². The molecule has 1 aliphatic carbocycles. The van der Waals surface area contributed by atoms with Crippen LogP contribution >= 0.6 is 0 Å². The van der Waals surface area contributed by atoms with Crippen molar-refractivity contribution >= 4 is 5.91 Å². The third-order valence-electron chi connectivity index (χ3n) is 4.38. The fraction of sp³-hybridized carbons (Fsp3) is 0.625. The maximum absolute atomic E-state index is 12.4. The summed E-state index contributed by atoms with van der Waals surface area (Å²) >= 11 is 0. The summed E-state index contributed by atoms with van der Waals surface area (Å²) in [5.41, 5.74) is 0.943. The highest BCUT2D eigenvalue weighted by Gasteiger charge is 2.33.